The van der Waals surface area contributed by atoms with Gasteiger partial charge in [-0.2, -0.15) is 0 Å². The number of thioether (sulfide) groups is 1. The van der Waals surface area contributed by atoms with Crippen LogP contribution in [0.2, 0.25) is 0 Å². The lowest BCUT2D eigenvalue weighted by atomic mass is 10.2. The van der Waals surface area contributed by atoms with Crippen molar-refractivity contribution >= 4 is 43.2 Å². The van der Waals surface area contributed by atoms with Crippen LogP contribution in [0.3, 0.4) is 0 Å². The van der Waals surface area contributed by atoms with Crippen LogP contribution in [0.4, 0.5) is 0 Å². The van der Waals surface area contributed by atoms with Crippen LogP contribution in [0.15, 0.2) is 9.95 Å². The molecule has 0 bridgehead atoms. The minimum Gasteiger partial charge on any atom is -0.284 e. The van der Waals surface area contributed by atoms with E-state index in [2.05, 4.69) is 0 Å². The predicted octanol–water partition coefficient (Wildman–Crippen LogP) is 3.33. The van der Waals surface area contributed by atoms with E-state index in [4.69, 9.17) is 4.98 Å². The number of aryl methyl sites for hydroxylation is 2. The summed E-state index contributed by atoms with van der Waals surface area (Å²) in [5, 5.41) is 1.40. The number of hydrogen-bond donors (Lipinski definition) is 0. The van der Waals surface area contributed by atoms with Crippen LogP contribution in [-0.4, -0.2) is 35.7 Å². The highest BCUT2D eigenvalue weighted by atomic mass is 32.2. The maximum Gasteiger partial charge on any atom is 0.263 e. The van der Waals surface area contributed by atoms with Gasteiger partial charge in [0.15, 0.2) is 5.16 Å². The molecule has 0 N–H and O–H groups in total. The van der Waals surface area contributed by atoms with E-state index >= 15 is 0 Å². The first-order valence-corrected chi connectivity index (χ1v) is 12.0. The van der Waals surface area contributed by atoms with Gasteiger partial charge in [-0.3, -0.25) is 9.36 Å². The Bertz CT molecular complexity index is 922. The van der Waals surface area contributed by atoms with E-state index in [0.29, 0.717) is 10.9 Å². The molecular weight excluding hydrogens is 364 g/mol. The summed E-state index contributed by atoms with van der Waals surface area (Å²) in [6, 6.07) is 0.190. The van der Waals surface area contributed by atoms with Crippen LogP contribution in [0.5, 0.6) is 0 Å². The first kappa shape index (κ1) is 17.9. The Morgan fingerprint density at radius 1 is 1.29 bits per heavy atom. The number of thiophene rings is 1. The van der Waals surface area contributed by atoms with Crippen molar-refractivity contribution in [2.75, 3.05) is 17.8 Å². The molecule has 0 radical (unpaired) electrons. The molecular formula is C16H22N2O3S3. The summed E-state index contributed by atoms with van der Waals surface area (Å²) < 4.78 is 24.6. The van der Waals surface area contributed by atoms with Crippen LogP contribution >= 0.6 is 23.1 Å². The van der Waals surface area contributed by atoms with Crippen LogP contribution < -0.4 is 5.56 Å². The number of rotatable bonds is 5. The molecule has 1 aliphatic rings. The maximum atomic E-state index is 13.1. The fourth-order valence-electron chi connectivity index (χ4n) is 3.16. The molecule has 1 saturated carbocycles. The van der Waals surface area contributed by atoms with Crippen molar-refractivity contribution in [3.63, 3.8) is 0 Å². The average molecular weight is 387 g/mol. The summed E-state index contributed by atoms with van der Waals surface area (Å²) in [6.07, 6.45) is 5.48. The summed E-state index contributed by atoms with van der Waals surface area (Å²) in [5.41, 5.74) is 1.06. The second-order valence-corrected chi connectivity index (χ2v) is 11.0. The van der Waals surface area contributed by atoms with Gasteiger partial charge in [0.1, 0.15) is 14.7 Å². The minimum absolute atomic E-state index is 0.0376. The van der Waals surface area contributed by atoms with E-state index in [1.165, 1.54) is 18.0 Å². The minimum atomic E-state index is -3.01. The quantitative estimate of drug-likeness (QED) is 0.582. The standard InChI is InChI=1S/C16H22N2O3S3/c1-10-11(2)23-14-13(10)15(19)18(12-6-4-5-7-12)16(17-14)22-8-9-24(3,20)21/h12H,4-9H2,1-3H3. The monoisotopic (exact) mass is 386 g/mol. The fraction of sp³-hybridized carbons (Fsp3) is 0.625. The largest absolute Gasteiger partial charge is 0.284 e. The lowest BCUT2D eigenvalue weighted by Crippen LogP contribution is -2.26. The molecule has 2 aromatic rings. The highest BCUT2D eigenvalue weighted by molar-refractivity contribution is 8.00. The Kier molecular flexibility index (Phi) is 5.09. The topological polar surface area (TPSA) is 69.0 Å². The Morgan fingerprint density at radius 2 is 1.96 bits per heavy atom. The van der Waals surface area contributed by atoms with E-state index in [-0.39, 0.29) is 17.4 Å². The summed E-state index contributed by atoms with van der Waals surface area (Å²) >= 11 is 2.93. The Balaban J connectivity index is 2.08. The van der Waals surface area contributed by atoms with Gasteiger partial charge in [0.05, 0.1) is 11.1 Å². The lowest BCUT2D eigenvalue weighted by Gasteiger charge is -2.18. The van der Waals surface area contributed by atoms with Crippen molar-refractivity contribution in [2.45, 2.75) is 50.7 Å². The third kappa shape index (κ3) is 3.55. The molecule has 0 aromatic carbocycles. The van der Waals surface area contributed by atoms with Crippen molar-refractivity contribution in [1.29, 1.82) is 0 Å². The van der Waals surface area contributed by atoms with Crippen molar-refractivity contribution < 1.29 is 8.42 Å². The molecule has 0 amide bonds. The van der Waals surface area contributed by atoms with Gasteiger partial charge in [0, 0.05) is 22.9 Å². The van der Waals surface area contributed by atoms with Crippen LogP contribution in [-0.2, 0) is 9.84 Å². The van der Waals surface area contributed by atoms with Gasteiger partial charge in [-0.1, -0.05) is 24.6 Å². The molecule has 132 valence electrons. The zero-order valence-electron chi connectivity index (χ0n) is 14.2. The van der Waals surface area contributed by atoms with E-state index in [0.717, 1.165) is 46.3 Å². The normalized spacial score (nSPS) is 16.3. The second kappa shape index (κ2) is 6.80. The molecule has 24 heavy (non-hydrogen) atoms. The smallest absolute Gasteiger partial charge is 0.263 e. The van der Waals surface area contributed by atoms with Gasteiger partial charge in [-0.15, -0.1) is 11.3 Å². The molecule has 2 heterocycles. The molecule has 5 nitrogen and oxygen atoms in total. The molecule has 0 saturated heterocycles. The molecule has 0 unspecified atom stereocenters. The summed E-state index contributed by atoms with van der Waals surface area (Å²) in [5.74, 6) is 0.519. The van der Waals surface area contributed by atoms with Gasteiger partial charge < -0.3 is 0 Å². The van der Waals surface area contributed by atoms with Crippen molar-refractivity contribution in [1.82, 2.24) is 9.55 Å². The second-order valence-electron chi connectivity index (χ2n) is 6.45. The van der Waals surface area contributed by atoms with Gasteiger partial charge in [0.2, 0.25) is 0 Å². The molecule has 0 atom stereocenters. The third-order valence-electron chi connectivity index (χ3n) is 4.58. The predicted molar refractivity (Wildman–Crippen MR) is 101 cm³/mol. The third-order valence-corrected chi connectivity index (χ3v) is 7.84. The lowest BCUT2D eigenvalue weighted by molar-refractivity contribution is 0.458. The van der Waals surface area contributed by atoms with Crippen molar-refractivity contribution in [3.05, 3.63) is 20.8 Å². The van der Waals surface area contributed by atoms with Gasteiger partial charge in [-0.25, -0.2) is 13.4 Å². The first-order chi connectivity index (χ1) is 11.3. The number of aromatic nitrogens is 2. The zero-order valence-corrected chi connectivity index (χ0v) is 16.6. The van der Waals surface area contributed by atoms with Crippen molar-refractivity contribution in [3.8, 4) is 0 Å². The van der Waals surface area contributed by atoms with Gasteiger partial charge in [0.25, 0.3) is 5.56 Å². The molecule has 8 heteroatoms. The molecule has 1 fully saturated rings. The van der Waals surface area contributed by atoms with E-state index < -0.39 is 9.84 Å². The highest BCUT2D eigenvalue weighted by Crippen LogP contribution is 2.34. The Morgan fingerprint density at radius 3 is 2.58 bits per heavy atom. The van der Waals surface area contributed by atoms with E-state index in [1.807, 2.05) is 18.4 Å². The summed E-state index contributed by atoms with van der Waals surface area (Å²) in [4.78, 5) is 19.7. The number of hydrogen-bond acceptors (Lipinski definition) is 6. The first-order valence-electron chi connectivity index (χ1n) is 8.10. The zero-order chi connectivity index (χ0) is 17.5. The fourth-order valence-corrected chi connectivity index (χ4v) is 6.49. The van der Waals surface area contributed by atoms with Crippen molar-refractivity contribution in [2.24, 2.45) is 0 Å². The molecule has 0 aliphatic heterocycles. The van der Waals surface area contributed by atoms with E-state index in [1.54, 1.807) is 11.3 Å². The van der Waals surface area contributed by atoms with E-state index in [9.17, 15) is 13.2 Å². The Labute approximate surface area is 150 Å². The SMILES string of the molecule is Cc1sc2nc(SCCS(C)(=O)=O)n(C3CCCC3)c(=O)c2c1C. The maximum absolute atomic E-state index is 13.1. The molecule has 0 spiro atoms. The molecule has 3 rings (SSSR count). The summed E-state index contributed by atoms with van der Waals surface area (Å²) in [6.45, 7) is 3.99. The van der Waals surface area contributed by atoms with Gasteiger partial charge >= 0.3 is 0 Å². The average Bonchev–Trinajstić information content (AvgIpc) is 3.07. The number of sulfone groups is 1. The molecule has 2 aromatic heterocycles. The van der Waals surface area contributed by atoms with Crippen LogP contribution in [0.25, 0.3) is 10.2 Å². The summed E-state index contributed by atoms with van der Waals surface area (Å²) in [7, 11) is -3.01. The highest BCUT2D eigenvalue weighted by Gasteiger charge is 2.24. The number of fused-ring (bicyclic) bond motifs is 1. The molecule has 1 aliphatic carbocycles. The number of nitrogens with zero attached hydrogens (tertiary/aromatic N) is 2. The van der Waals surface area contributed by atoms with Crippen LogP contribution in [0, 0.1) is 13.8 Å². The van der Waals surface area contributed by atoms with Gasteiger partial charge in [-0.05, 0) is 32.3 Å². The van der Waals surface area contributed by atoms with Crippen LogP contribution in [0.1, 0.15) is 42.2 Å². The Hall–Kier alpha value is -0.860.